The summed E-state index contributed by atoms with van der Waals surface area (Å²) in [4.78, 5) is 35.0. The number of hydrogen-bond acceptors (Lipinski definition) is 5. The minimum absolute atomic E-state index is 0.0306. The van der Waals surface area contributed by atoms with E-state index in [2.05, 4.69) is 5.32 Å². The fourth-order valence-corrected chi connectivity index (χ4v) is 1.68. The van der Waals surface area contributed by atoms with Crippen LogP contribution in [0.1, 0.15) is 60.3 Å². The van der Waals surface area contributed by atoms with Gasteiger partial charge in [-0.25, -0.2) is 4.79 Å². The largest absolute Gasteiger partial charge is 0.466 e. The van der Waals surface area contributed by atoms with Crippen molar-refractivity contribution >= 4 is 17.8 Å². The summed E-state index contributed by atoms with van der Waals surface area (Å²) in [7, 11) is 0. The molecule has 0 spiro atoms. The third-order valence-electron chi connectivity index (χ3n) is 2.54. The number of carbonyl (C=O) groups is 3. The molecule has 0 heterocycles. The normalized spacial score (nSPS) is 12.4. The van der Waals surface area contributed by atoms with Gasteiger partial charge < -0.3 is 14.8 Å². The van der Waals surface area contributed by atoms with Crippen molar-refractivity contribution in [2.24, 2.45) is 0 Å². The lowest BCUT2D eigenvalue weighted by molar-refractivity contribution is -0.144. The minimum Gasteiger partial charge on any atom is -0.466 e. The van der Waals surface area contributed by atoms with Crippen LogP contribution in [0.15, 0.2) is 0 Å². The molecule has 0 saturated carbocycles. The smallest absolute Gasteiger partial charge is 0.408 e. The average molecular weight is 301 g/mol. The van der Waals surface area contributed by atoms with Gasteiger partial charge in [0.05, 0.1) is 19.1 Å². The van der Waals surface area contributed by atoms with Crippen molar-refractivity contribution in [3.8, 4) is 0 Å². The number of rotatable bonds is 8. The van der Waals surface area contributed by atoms with Crippen molar-refractivity contribution in [2.75, 3.05) is 6.61 Å². The lowest BCUT2D eigenvalue weighted by Crippen LogP contribution is -2.43. The Morgan fingerprint density at radius 2 is 1.71 bits per heavy atom. The predicted octanol–water partition coefficient (Wildman–Crippen LogP) is 2.59. The van der Waals surface area contributed by atoms with Crippen LogP contribution in [-0.2, 0) is 19.1 Å². The molecule has 0 bridgehead atoms. The summed E-state index contributed by atoms with van der Waals surface area (Å²) in [6.07, 6.45) is 0.722. The Morgan fingerprint density at radius 1 is 1.10 bits per heavy atom. The quantitative estimate of drug-likeness (QED) is 0.697. The molecule has 1 N–H and O–H groups in total. The summed E-state index contributed by atoms with van der Waals surface area (Å²) in [5.74, 6) is -0.589. The molecule has 21 heavy (non-hydrogen) atoms. The van der Waals surface area contributed by atoms with Gasteiger partial charge >= 0.3 is 12.1 Å². The van der Waals surface area contributed by atoms with Crippen LogP contribution in [0.2, 0.25) is 0 Å². The first kappa shape index (κ1) is 19.4. The van der Waals surface area contributed by atoms with E-state index in [1.54, 1.807) is 27.7 Å². The molecule has 122 valence electrons. The van der Waals surface area contributed by atoms with Crippen LogP contribution in [0.4, 0.5) is 4.79 Å². The molecular formula is C15H27NO5. The van der Waals surface area contributed by atoms with E-state index in [0.29, 0.717) is 13.0 Å². The standard InChI is InChI=1S/C15H27NO5/c1-6-8-11(16-14(19)21-15(3,4)5)12(17)9-10-13(18)20-7-2/h11H,6-10H2,1-5H3,(H,16,19)/t11-/m1/s1. The Kier molecular flexibility index (Phi) is 8.66. The van der Waals surface area contributed by atoms with Gasteiger partial charge in [0.25, 0.3) is 0 Å². The molecule has 1 amide bonds. The van der Waals surface area contributed by atoms with Crippen LogP contribution >= 0.6 is 0 Å². The maximum atomic E-state index is 12.1. The highest BCUT2D eigenvalue weighted by molar-refractivity contribution is 5.89. The molecule has 0 aromatic heterocycles. The Labute approximate surface area is 126 Å². The van der Waals surface area contributed by atoms with Crippen LogP contribution in [0.3, 0.4) is 0 Å². The van der Waals surface area contributed by atoms with E-state index >= 15 is 0 Å². The number of carbonyl (C=O) groups excluding carboxylic acids is 3. The predicted molar refractivity (Wildman–Crippen MR) is 78.9 cm³/mol. The number of alkyl carbamates (subject to hydrolysis) is 1. The first-order valence-electron chi connectivity index (χ1n) is 7.37. The highest BCUT2D eigenvalue weighted by Gasteiger charge is 2.24. The fraction of sp³-hybridized carbons (Fsp3) is 0.800. The van der Waals surface area contributed by atoms with Crippen molar-refractivity contribution in [3.63, 3.8) is 0 Å². The third-order valence-corrected chi connectivity index (χ3v) is 2.54. The lowest BCUT2D eigenvalue weighted by atomic mass is 10.0. The van der Waals surface area contributed by atoms with Crippen molar-refractivity contribution in [2.45, 2.75) is 71.9 Å². The topological polar surface area (TPSA) is 81.7 Å². The zero-order valence-corrected chi connectivity index (χ0v) is 13.7. The highest BCUT2D eigenvalue weighted by Crippen LogP contribution is 2.09. The second-order valence-electron chi connectivity index (χ2n) is 5.76. The monoisotopic (exact) mass is 301 g/mol. The first-order valence-corrected chi connectivity index (χ1v) is 7.37. The SMILES string of the molecule is CCC[C@@H](NC(=O)OC(C)(C)C)C(=O)CCC(=O)OCC. The van der Waals surface area contributed by atoms with Crippen LogP contribution in [0.5, 0.6) is 0 Å². The molecule has 1 atom stereocenters. The number of nitrogens with one attached hydrogen (secondary N) is 1. The lowest BCUT2D eigenvalue weighted by Gasteiger charge is -2.23. The van der Waals surface area contributed by atoms with Crippen molar-refractivity contribution in [1.29, 1.82) is 0 Å². The van der Waals surface area contributed by atoms with Gasteiger partial charge in [-0.2, -0.15) is 0 Å². The van der Waals surface area contributed by atoms with Crippen LogP contribution in [0, 0.1) is 0 Å². The molecule has 0 aliphatic carbocycles. The second kappa shape index (κ2) is 9.37. The van der Waals surface area contributed by atoms with Gasteiger partial charge in [-0.1, -0.05) is 13.3 Å². The molecule has 0 aromatic carbocycles. The second-order valence-corrected chi connectivity index (χ2v) is 5.76. The van der Waals surface area contributed by atoms with Gasteiger partial charge in [0, 0.05) is 6.42 Å². The fourth-order valence-electron chi connectivity index (χ4n) is 1.68. The molecule has 0 aliphatic rings. The average Bonchev–Trinajstić information content (AvgIpc) is 2.33. The number of hydrogen-bond donors (Lipinski definition) is 1. The number of ether oxygens (including phenoxy) is 2. The maximum absolute atomic E-state index is 12.1. The Morgan fingerprint density at radius 3 is 2.19 bits per heavy atom. The Bertz CT molecular complexity index is 360. The molecule has 0 aromatic rings. The van der Waals surface area contributed by atoms with Crippen LogP contribution < -0.4 is 5.32 Å². The molecule has 0 radical (unpaired) electrons. The number of esters is 1. The van der Waals surface area contributed by atoms with Crippen LogP contribution in [-0.4, -0.2) is 36.1 Å². The van der Waals surface area contributed by atoms with E-state index in [9.17, 15) is 14.4 Å². The molecular weight excluding hydrogens is 274 g/mol. The van der Waals surface area contributed by atoms with Gasteiger partial charge in [0.1, 0.15) is 5.60 Å². The minimum atomic E-state index is -0.626. The zero-order valence-electron chi connectivity index (χ0n) is 13.7. The third kappa shape index (κ3) is 9.87. The highest BCUT2D eigenvalue weighted by atomic mass is 16.6. The van der Waals surface area contributed by atoms with Gasteiger partial charge in [-0.15, -0.1) is 0 Å². The van der Waals surface area contributed by atoms with E-state index in [0.717, 1.165) is 6.42 Å². The number of amides is 1. The summed E-state index contributed by atoms with van der Waals surface area (Å²) in [5.41, 5.74) is -0.616. The van der Waals surface area contributed by atoms with Crippen molar-refractivity contribution in [3.05, 3.63) is 0 Å². The van der Waals surface area contributed by atoms with E-state index < -0.39 is 23.7 Å². The summed E-state index contributed by atoms with van der Waals surface area (Å²) >= 11 is 0. The van der Waals surface area contributed by atoms with E-state index in [1.165, 1.54) is 0 Å². The van der Waals surface area contributed by atoms with E-state index in [-0.39, 0.29) is 18.6 Å². The summed E-state index contributed by atoms with van der Waals surface area (Å²) in [6.45, 7) is 9.19. The molecule has 6 nitrogen and oxygen atoms in total. The van der Waals surface area contributed by atoms with Gasteiger partial charge in [-0.05, 0) is 34.1 Å². The first-order chi connectivity index (χ1) is 9.69. The molecule has 0 rings (SSSR count). The van der Waals surface area contributed by atoms with Crippen LogP contribution in [0.25, 0.3) is 0 Å². The van der Waals surface area contributed by atoms with E-state index in [1.807, 2.05) is 6.92 Å². The van der Waals surface area contributed by atoms with Gasteiger partial charge in [0.2, 0.25) is 0 Å². The molecule has 0 unspecified atom stereocenters. The van der Waals surface area contributed by atoms with Crippen molar-refractivity contribution in [1.82, 2.24) is 5.32 Å². The van der Waals surface area contributed by atoms with E-state index in [4.69, 9.17) is 9.47 Å². The van der Waals surface area contributed by atoms with Gasteiger partial charge in [0.15, 0.2) is 5.78 Å². The molecule has 0 fully saturated rings. The Hall–Kier alpha value is -1.59. The number of Topliss-reactive ketones (excluding diaryl/α,β-unsaturated/α-hetero) is 1. The van der Waals surface area contributed by atoms with Gasteiger partial charge in [-0.3, -0.25) is 9.59 Å². The van der Waals surface area contributed by atoms with Crippen molar-refractivity contribution < 1.29 is 23.9 Å². The summed E-state index contributed by atoms with van der Waals surface area (Å²) in [5, 5.41) is 2.57. The summed E-state index contributed by atoms with van der Waals surface area (Å²) in [6, 6.07) is -0.626. The Balaban J connectivity index is 4.42. The number of ketones is 1. The zero-order chi connectivity index (χ0) is 16.5. The summed E-state index contributed by atoms with van der Waals surface area (Å²) < 4.78 is 9.91. The molecule has 0 aliphatic heterocycles. The maximum Gasteiger partial charge on any atom is 0.408 e. The molecule has 0 saturated heterocycles. The molecule has 6 heteroatoms.